The number of hydrogen-bond donors (Lipinski definition) is 1. The number of halogens is 2. The van der Waals surface area contributed by atoms with Crippen LogP contribution in [0.1, 0.15) is 20.8 Å². The fraction of sp³-hybridized carbons (Fsp3) is 0.167. The van der Waals surface area contributed by atoms with Gasteiger partial charge in [-0.1, -0.05) is 0 Å². The maximum Gasteiger partial charge on any atom is 0.350 e. The normalized spacial score (nSPS) is 18.5. The molecule has 1 aliphatic rings. The quantitative estimate of drug-likeness (QED) is 0.641. The molecule has 0 saturated carbocycles. The van der Waals surface area contributed by atoms with E-state index in [0.717, 1.165) is 23.4 Å². The molecule has 0 amide bonds. The SMILES string of the molecule is N#Cc1c(C(F)(F)P2OCSO2)sc2ccc(C(=O)O)cc12. The zero-order chi connectivity index (χ0) is 15.9. The molecular formula is C12H6F2NO4PS2. The Morgan fingerprint density at radius 2 is 2.27 bits per heavy atom. The van der Waals surface area contributed by atoms with Crippen molar-refractivity contribution in [3.63, 3.8) is 0 Å². The summed E-state index contributed by atoms with van der Waals surface area (Å²) in [6.45, 7) is 0. The first-order valence-corrected chi connectivity index (χ1v) is 8.66. The minimum Gasteiger partial charge on any atom is -0.478 e. The first-order valence-electron chi connectivity index (χ1n) is 5.76. The molecule has 2 heterocycles. The standard InChI is InChI=1S/C12H6F2NO4PS2/c13-12(14,20-18-5-21-19-20)10-8(4-15)7-3-6(11(16)17)1-2-9(7)22-10/h1-3H,5H2,(H,16,17). The summed E-state index contributed by atoms with van der Waals surface area (Å²) < 4.78 is 39.2. The number of alkyl halides is 2. The summed E-state index contributed by atoms with van der Waals surface area (Å²) >= 11 is 1.55. The third-order valence-electron chi connectivity index (χ3n) is 2.89. The molecule has 2 aromatic rings. The lowest BCUT2D eigenvalue weighted by Gasteiger charge is -2.18. The van der Waals surface area contributed by atoms with E-state index in [1.807, 2.05) is 0 Å². The van der Waals surface area contributed by atoms with Crippen LogP contribution >= 0.6 is 31.8 Å². The summed E-state index contributed by atoms with van der Waals surface area (Å²) in [5.41, 5.74) is -3.73. The van der Waals surface area contributed by atoms with Crippen LogP contribution in [0, 0.1) is 11.3 Å². The predicted octanol–water partition coefficient (Wildman–Crippen LogP) is 4.48. The lowest BCUT2D eigenvalue weighted by atomic mass is 10.1. The highest BCUT2D eigenvalue weighted by Crippen LogP contribution is 2.67. The molecule has 0 aliphatic carbocycles. The lowest BCUT2D eigenvalue weighted by molar-refractivity contribution is 0.0697. The van der Waals surface area contributed by atoms with Crippen molar-refractivity contribution in [2.75, 3.05) is 5.94 Å². The minimum atomic E-state index is -3.43. The molecular weight excluding hydrogens is 355 g/mol. The Morgan fingerprint density at radius 1 is 1.50 bits per heavy atom. The molecule has 0 spiro atoms. The van der Waals surface area contributed by atoms with Crippen LogP contribution in [0.3, 0.4) is 0 Å². The molecule has 10 heteroatoms. The lowest BCUT2D eigenvalue weighted by Crippen LogP contribution is -2.10. The average Bonchev–Trinajstić information content (AvgIpc) is 3.14. The highest BCUT2D eigenvalue weighted by Gasteiger charge is 2.50. The van der Waals surface area contributed by atoms with E-state index >= 15 is 0 Å². The summed E-state index contributed by atoms with van der Waals surface area (Å²) in [6, 6.07) is 5.70. The van der Waals surface area contributed by atoms with E-state index in [4.69, 9.17) is 13.6 Å². The van der Waals surface area contributed by atoms with Gasteiger partial charge in [-0.05, 0) is 18.2 Å². The largest absolute Gasteiger partial charge is 0.478 e. The van der Waals surface area contributed by atoms with E-state index in [9.17, 15) is 18.8 Å². The van der Waals surface area contributed by atoms with Crippen molar-refractivity contribution in [3.8, 4) is 6.07 Å². The molecule has 1 aliphatic heterocycles. The summed E-state index contributed by atoms with van der Waals surface area (Å²) in [7, 11) is -2.47. The zero-order valence-electron chi connectivity index (χ0n) is 10.6. The molecule has 22 heavy (non-hydrogen) atoms. The average molecular weight is 361 g/mol. The third kappa shape index (κ3) is 2.47. The molecule has 3 rings (SSSR count). The van der Waals surface area contributed by atoms with Gasteiger partial charge < -0.3 is 9.63 Å². The van der Waals surface area contributed by atoms with Crippen LogP contribution in [0.25, 0.3) is 10.1 Å². The first-order chi connectivity index (χ1) is 10.4. The van der Waals surface area contributed by atoms with Crippen LogP contribution in [0.15, 0.2) is 18.2 Å². The Hall–Kier alpha value is -1.30. The zero-order valence-corrected chi connectivity index (χ0v) is 13.1. The number of fused-ring (bicyclic) bond motifs is 1. The maximum absolute atomic E-state index is 14.5. The van der Waals surface area contributed by atoms with Crippen molar-refractivity contribution in [1.82, 2.24) is 0 Å². The summed E-state index contributed by atoms with van der Waals surface area (Å²) in [5, 5.41) is 18.4. The maximum atomic E-state index is 14.5. The smallest absolute Gasteiger partial charge is 0.350 e. The minimum absolute atomic E-state index is 0.0111. The van der Waals surface area contributed by atoms with Crippen molar-refractivity contribution in [3.05, 3.63) is 34.2 Å². The number of carboxylic acid groups (broad SMARTS) is 1. The summed E-state index contributed by atoms with van der Waals surface area (Å²) in [6.07, 6.45) is 0. The van der Waals surface area contributed by atoms with Crippen LogP contribution in [0.2, 0.25) is 0 Å². The van der Waals surface area contributed by atoms with Gasteiger partial charge in [-0.3, -0.25) is 3.97 Å². The highest BCUT2D eigenvalue weighted by atomic mass is 32.2. The van der Waals surface area contributed by atoms with Gasteiger partial charge in [-0.15, -0.1) is 11.3 Å². The fourth-order valence-electron chi connectivity index (χ4n) is 1.92. The molecule has 1 atom stereocenters. The first kappa shape index (κ1) is 15.6. The molecule has 1 aromatic carbocycles. The van der Waals surface area contributed by atoms with Gasteiger partial charge in [0.2, 0.25) is 0 Å². The van der Waals surface area contributed by atoms with E-state index in [-0.39, 0.29) is 22.5 Å². The molecule has 1 fully saturated rings. The van der Waals surface area contributed by atoms with Crippen LogP contribution in [-0.2, 0) is 14.2 Å². The van der Waals surface area contributed by atoms with Crippen LogP contribution in [-0.4, -0.2) is 17.0 Å². The molecule has 1 unspecified atom stereocenters. The number of hydrogen-bond acceptors (Lipinski definition) is 6. The topological polar surface area (TPSA) is 79.5 Å². The summed E-state index contributed by atoms with van der Waals surface area (Å²) in [5.74, 6) is -1.18. The van der Waals surface area contributed by atoms with Gasteiger partial charge in [-0.25, -0.2) is 4.79 Å². The molecule has 0 bridgehead atoms. The van der Waals surface area contributed by atoms with E-state index in [2.05, 4.69) is 0 Å². The van der Waals surface area contributed by atoms with Crippen molar-refractivity contribution in [1.29, 1.82) is 5.26 Å². The van der Waals surface area contributed by atoms with Crippen molar-refractivity contribution >= 4 is 47.8 Å². The molecule has 1 saturated heterocycles. The number of nitrogens with zero attached hydrogens (tertiary/aromatic N) is 1. The fourth-order valence-corrected chi connectivity index (χ4v) is 5.39. The third-order valence-corrected chi connectivity index (χ3v) is 6.68. The second kappa shape index (κ2) is 5.72. The van der Waals surface area contributed by atoms with Gasteiger partial charge in [0, 0.05) is 22.1 Å². The van der Waals surface area contributed by atoms with Crippen LogP contribution in [0.4, 0.5) is 8.78 Å². The predicted molar refractivity (Wildman–Crippen MR) is 78.9 cm³/mol. The Labute approximate surface area is 132 Å². The van der Waals surface area contributed by atoms with Crippen molar-refractivity contribution < 1.29 is 27.2 Å². The molecule has 1 aromatic heterocycles. The molecule has 5 nitrogen and oxygen atoms in total. The number of carbonyl (C=O) groups is 1. The second-order valence-corrected chi connectivity index (χ2v) is 7.63. The molecule has 1 N–H and O–H groups in total. The van der Waals surface area contributed by atoms with Gasteiger partial charge in [-0.2, -0.15) is 14.0 Å². The van der Waals surface area contributed by atoms with E-state index in [1.165, 1.54) is 18.2 Å². The van der Waals surface area contributed by atoms with Gasteiger partial charge >= 0.3 is 11.6 Å². The van der Waals surface area contributed by atoms with Crippen LogP contribution in [0.5, 0.6) is 0 Å². The number of carboxylic acids is 1. The number of aromatic carboxylic acids is 1. The van der Waals surface area contributed by atoms with Crippen molar-refractivity contribution in [2.45, 2.75) is 5.66 Å². The molecule has 114 valence electrons. The number of nitriles is 1. The second-order valence-electron chi connectivity index (χ2n) is 4.17. The number of benzene rings is 1. The van der Waals surface area contributed by atoms with E-state index in [0.29, 0.717) is 4.70 Å². The van der Waals surface area contributed by atoms with Gasteiger partial charge in [0.15, 0.2) is 0 Å². The number of rotatable bonds is 3. The van der Waals surface area contributed by atoms with E-state index < -0.39 is 24.9 Å². The highest BCUT2D eigenvalue weighted by molar-refractivity contribution is 7.99. The summed E-state index contributed by atoms with van der Waals surface area (Å²) in [4.78, 5) is 10.5. The number of thiophene rings is 1. The van der Waals surface area contributed by atoms with Gasteiger partial charge in [0.25, 0.3) is 8.38 Å². The Morgan fingerprint density at radius 3 is 2.86 bits per heavy atom. The van der Waals surface area contributed by atoms with Gasteiger partial charge in [0.05, 0.1) is 11.1 Å². The van der Waals surface area contributed by atoms with Crippen molar-refractivity contribution in [2.24, 2.45) is 0 Å². The monoisotopic (exact) mass is 361 g/mol. The Bertz CT molecular complexity index is 798. The van der Waals surface area contributed by atoms with E-state index in [1.54, 1.807) is 6.07 Å². The van der Waals surface area contributed by atoms with Crippen LogP contribution < -0.4 is 0 Å². The molecule has 0 radical (unpaired) electrons. The Balaban J connectivity index is 2.18. The van der Waals surface area contributed by atoms with Gasteiger partial charge in [0.1, 0.15) is 16.9 Å². The Kier molecular flexibility index (Phi) is 4.05.